The summed E-state index contributed by atoms with van der Waals surface area (Å²) in [6.07, 6.45) is 4.96. The van der Waals surface area contributed by atoms with E-state index in [1.54, 1.807) is 0 Å². The van der Waals surface area contributed by atoms with Crippen molar-refractivity contribution in [1.29, 1.82) is 0 Å². The van der Waals surface area contributed by atoms with Gasteiger partial charge in [-0.25, -0.2) is 9.67 Å². The maximum atomic E-state index is 9.68. The van der Waals surface area contributed by atoms with Crippen molar-refractivity contribution in [3.05, 3.63) is 11.6 Å². The molecule has 5 heteroatoms. The van der Waals surface area contributed by atoms with Gasteiger partial charge >= 0.3 is 0 Å². The van der Waals surface area contributed by atoms with Crippen LogP contribution in [0.2, 0.25) is 0 Å². The molecule has 1 aromatic rings. The normalized spacial score (nSPS) is 29.2. The monoisotopic (exact) mass is 250 g/mol. The summed E-state index contributed by atoms with van der Waals surface area (Å²) in [5.74, 6) is 1.94. The van der Waals surface area contributed by atoms with Crippen molar-refractivity contribution >= 4 is 0 Å². The summed E-state index contributed by atoms with van der Waals surface area (Å²) in [6.45, 7) is 5.24. The number of hydrogen-bond acceptors (Lipinski definition) is 4. The van der Waals surface area contributed by atoms with Gasteiger partial charge in [-0.3, -0.25) is 4.90 Å². The molecule has 0 aliphatic carbocycles. The number of aliphatic hydroxyl groups excluding tert-OH is 1. The summed E-state index contributed by atoms with van der Waals surface area (Å²) in [5, 5.41) is 14.3. The SMILES string of the molecule is CCN1CCCCC1c1nc2n(n1)CCC(O)C2. The minimum absolute atomic E-state index is 0.233. The first kappa shape index (κ1) is 12.1. The molecule has 18 heavy (non-hydrogen) atoms. The summed E-state index contributed by atoms with van der Waals surface area (Å²) >= 11 is 0. The molecule has 1 N–H and O–H groups in total. The van der Waals surface area contributed by atoms with Gasteiger partial charge in [-0.1, -0.05) is 13.3 Å². The van der Waals surface area contributed by atoms with Crippen LogP contribution in [0.5, 0.6) is 0 Å². The number of rotatable bonds is 2. The van der Waals surface area contributed by atoms with Gasteiger partial charge in [-0.15, -0.1) is 0 Å². The quantitative estimate of drug-likeness (QED) is 0.855. The fourth-order valence-electron chi connectivity index (χ4n) is 3.11. The summed E-state index contributed by atoms with van der Waals surface area (Å²) in [4.78, 5) is 7.15. The zero-order valence-corrected chi connectivity index (χ0v) is 11.0. The van der Waals surface area contributed by atoms with Crippen LogP contribution in [0.3, 0.4) is 0 Å². The van der Waals surface area contributed by atoms with Gasteiger partial charge in [0.2, 0.25) is 0 Å². The third-order valence-corrected chi connectivity index (χ3v) is 4.17. The molecule has 0 amide bonds. The van der Waals surface area contributed by atoms with Crippen LogP contribution in [0, 0.1) is 0 Å². The van der Waals surface area contributed by atoms with E-state index in [-0.39, 0.29) is 6.10 Å². The predicted octanol–water partition coefficient (Wildman–Crippen LogP) is 1.13. The van der Waals surface area contributed by atoms with Crippen LogP contribution in [0.15, 0.2) is 0 Å². The maximum Gasteiger partial charge on any atom is 0.168 e. The van der Waals surface area contributed by atoms with E-state index in [2.05, 4.69) is 21.9 Å². The number of aliphatic hydroxyl groups is 1. The lowest BCUT2D eigenvalue weighted by Gasteiger charge is -2.32. The zero-order chi connectivity index (χ0) is 12.5. The molecular formula is C13H22N4O. The number of nitrogens with zero attached hydrogens (tertiary/aromatic N) is 4. The van der Waals surface area contributed by atoms with E-state index in [1.165, 1.54) is 19.3 Å². The molecule has 1 fully saturated rings. The highest BCUT2D eigenvalue weighted by molar-refractivity contribution is 5.03. The van der Waals surface area contributed by atoms with Gasteiger partial charge in [0.15, 0.2) is 5.82 Å². The topological polar surface area (TPSA) is 54.2 Å². The van der Waals surface area contributed by atoms with E-state index in [4.69, 9.17) is 0 Å². The second-order valence-electron chi connectivity index (χ2n) is 5.40. The molecule has 1 saturated heterocycles. The summed E-state index contributed by atoms with van der Waals surface area (Å²) in [6, 6.07) is 0.388. The molecule has 2 aliphatic rings. The third-order valence-electron chi connectivity index (χ3n) is 4.17. The van der Waals surface area contributed by atoms with Crippen LogP contribution in [-0.2, 0) is 13.0 Å². The summed E-state index contributed by atoms with van der Waals surface area (Å²) in [5.41, 5.74) is 0. The molecule has 5 nitrogen and oxygen atoms in total. The minimum atomic E-state index is -0.233. The first-order valence-electron chi connectivity index (χ1n) is 7.13. The van der Waals surface area contributed by atoms with E-state index in [0.717, 1.165) is 37.7 Å². The molecule has 0 radical (unpaired) electrons. The smallest absolute Gasteiger partial charge is 0.168 e. The Morgan fingerprint density at radius 1 is 1.28 bits per heavy atom. The first-order valence-corrected chi connectivity index (χ1v) is 7.13. The number of hydrogen-bond donors (Lipinski definition) is 1. The van der Waals surface area contributed by atoms with Gasteiger partial charge in [0.05, 0.1) is 12.1 Å². The fourth-order valence-corrected chi connectivity index (χ4v) is 3.11. The Kier molecular flexibility index (Phi) is 3.35. The molecule has 2 atom stereocenters. The Labute approximate surface area is 108 Å². The second-order valence-corrected chi connectivity index (χ2v) is 5.40. The Balaban J connectivity index is 1.83. The molecule has 2 aliphatic heterocycles. The summed E-state index contributed by atoms with van der Waals surface area (Å²) in [7, 11) is 0. The molecule has 0 saturated carbocycles. The van der Waals surface area contributed by atoms with Crippen LogP contribution in [-0.4, -0.2) is 44.0 Å². The molecule has 0 aromatic carbocycles. The molecule has 100 valence electrons. The van der Waals surface area contributed by atoms with E-state index >= 15 is 0 Å². The third kappa shape index (κ3) is 2.17. The van der Waals surface area contributed by atoms with Crippen LogP contribution >= 0.6 is 0 Å². The standard InChI is InChI=1S/C13H22N4O/c1-2-16-7-4-3-5-11(16)13-14-12-9-10(18)6-8-17(12)15-13/h10-11,18H,2-9H2,1H3. The number of fused-ring (bicyclic) bond motifs is 1. The van der Waals surface area contributed by atoms with E-state index in [0.29, 0.717) is 12.5 Å². The number of piperidine rings is 1. The van der Waals surface area contributed by atoms with E-state index < -0.39 is 0 Å². The fraction of sp³-hybridized carbons (Fsp3) is 0.846. The molecular weight excluding hydrogens is 228 g/mol. The highest BCUT2D eigenvalue weighted by Crippen LogP contribution is 2.29. The van der Waals surface area contributed by atoms with Crippen LogP contribution < -0.4 is 0 Å². The molecule has 2 unspecified atom stereocenters. The lowest BCUT2D eigenvalue weighted by Crippen LogP contribution is -2.33. The molecule has 3 rings (SSSR count). The molecule has 3 heterocycles. The highest BCUT2D eigenvalue weighted by atomic mass is 16.3. The Bertz CT molecular complexity index is 417. The Morgan fingerprint density at radius 2 is 2.17 bits per heavy atom. The maximum absolute atomic E-state index is 9.68. The van der Waals surface area contributed by atoms with Crippen molar-refractivity contribution in [3.63, 3.8) is 0 Å². The predicted molar refractivity (Wildman–Crippen MR) is 68.2 cm³/mol. The number of aromatic nitrogens is 3. The number of aryl methyl sites for hydroxylation is 1. The van der Waals surface area contributed by atoms with Crippen LogP contribution in [0.1, 0.15) is 50.3 Å². The van der Waals surface area contributed by atoms with Gasteiger partial charge in [-0.05, 0) is 32.4 Å². The average molecular weight is 250 g/mol. The lowest BCUT2D eigenvalue weighted by molar-refractivity contribution is 0.138. The van der Waals surface area contributed by atoms with Crippen molar-refractivity contribution in [3.8, 4) is 0 Å². The van der Waals surface area contributed by atoms with Crippen molar-refractivity contribution in [2.75, 3.05) is 13.1 Å². The Hall–Kier alpha value is -0.940. The van der Waals surface area contributed by atoms with Gasteiger partial charge in [0.25, 0.3) is 0 Å². The lowest BCUT2D eigenvalue weighted by atomic mass is 10.0. The minimum Gasteiger partial charge on any atom is -0.393 e. The van der Waals surface area contributed by atoms with Crippen LogP contribution in [0.4, 0.5) is 0 Å². The van der Waals surface area contributed by atoms with Gasteiger partial charge in [-0.2, -0.15) is 5.10 Å². The highest BCUT2D eigenvalue weighted by Gasteiger charge is 2.28. The van der Waals surface area contributed by atoms with Gasteiger partial charge in [0, 0.05) is 13.0 Å². The van der Waals surface area contributed by atoms with Gasteiger partial charge < -0.3 is 5.11 Å². The number of likely N-dealkylation sites (tertiary alicyclic amines) is 1. The zero-order valence-electron chi connectivity index (χ0n) is 11.0. The van der Waals surface area contributed by atoms with E-state index in [9.17, 15) is 5.11 Å². The van der Waals surface area contributed by atoms with Gasteiger partial charge in [0.1, 0.15) is 5.82 Å². The van der Waals surface area contributed by atoms with Crippen molar-refractivity contribution in [1.82, 2.24) is 19.7 Å². The average Bonchev–Trinajstić information content (AvgIpc) is 2.81. The summed E-state index contributed by atoms with van der Waals surface area (Å²) < 4.78 is 1.99. The van der Waals surface area contributed by atoms with Crippen molar-refractivity contribution in [2.24, 2.45) is 0 Å². The first-order chi connectivity index (χ1) is 8.78. The largest absolute Gasteiger partial charge is 0.393 e. The molecule has 0 bridgehead atoms. The van der Waals surface area contributed by atoms with Crippen molar-refractivity contribution < 1.29 is 5.11 Å². The molecule has 0 spiro atoms. The van der Waals surface area contributed by atoms with Crippen molar-refractivity contribution in [2.45, 2.75) is 57.7 Å². The Morgan fingerprint density at radius 3 is 3.00 bits per heavy atom. The van der Waals surface area contributed by atoms with E-state index in [1.807, 2.05) is 4.68 Å². The van der Waals surface area contributed by atoms with Crippen LogP contribution in [0.25, 0.3) is 0 Å². The second kappa shape index (κ2) is 4.97. The molecule has 1 aromatic heterocycles.